The van der Waals surface area contributed by atoms with Crippen molar-refractivity contribution >= 4 is 5.91 Å². The van der Waals surface area contributed by atoms with E-state index in [0.717, 1.165) is 32.4 Å². The molecular formula is C24H27N3O2. The molecule has 2 heterocycles. The second-order valence-corrected chi connectivity index (χ2v) is 7.91. The molecule has 3 aromatic rings. The molecule has 0 radical (unpaired) electrons. The van der Waals surface area contributed by atoms with E-state index >= 15 is 0 Å². The number of hydrogen-bond acceptors (Lipinski definition) is 3. The Kier molecular flexibility index (Phi) is 5.65. The van der Waals surface area contributed by atoms with E-state index in [2.05, 4.69) is 41.4 Å². The van der Waals surface area contributed by atoms with Gasteiger partial charge in [0.2, 0.25) is 0 Å². The predicted octanol–water partition coefficient (Wildman–Crippen LogP) is 4.58. The van der Waals surface area contributed by atoms with Gasteiger partial charge in [-0.05, 0) is 67.9 Å². The Morgan fingerprint density at radius 1 is 1.21 bits per heavy atom. The van der Waals surface area contributed by atoms with Crippen molar-refractivity contribution in [1.29, 1.82) is 0 Å². The maximum atomic E-state index is 13.0. The zero-order valence-electron chi connectivity index (χ0n) is 16.8. The normalized spacial score (nSPS) is 16.7. The van der Waals surface area contributed by atoms with Crippen LogP contribution in [-0.2, 0) is 6.42 Å². The van der Waals surface area contributed by atoms with Crippen molar-refractivity contribution in [2.24, 2.45) is 5.92 Å². The number of aromatic nitrogens is 2. The van der Waals surface area contributed by atoms with Gasteiger partial charge in [-0.3, -0.25) is 9.89 Å². The predicted molar refractivity (Wildman–Crippen MR) is 114 cm³/mol. The third-order valence-corrected chi connectivity index (χ3v) is 5.88. The first-order valence-electron chi connectivity index (χ1n) is 10.3. The number of nitrogens with zero attached hydrogens (tertiary/aromatic N) is 2. The van der Waals surface area contributed by atoms with E-state index in [9.17, 15) is 9.90 Å². The SMILES string of the molecule is Cc1ccccc1CC[C@@H]1CCCN(C(=O)c2cc(-c3ccccc3O)n[nH]2)C1. The van der Waals surface area contributed by atoms with Gasteiger partial charge >= 0.3 is 0 Å². The summed E-state index contributed by atoms with van der Waals surface area (Å²) < 4.78 is 0. The van der Waals surface area contributed by atoms with Gasteiger partial charge in [0.05, 0.1) is 5.69 Å². The van der Waals surface area contributed by atoms with E-state index in [-0.39, 0.29) is 11.7 Å². The summed E-state index contributed by atoms with van der Waals surface area (Å²) in [4.78, 5) is 14.9. The number of rotatable bonds is 5. The molecule has 5 nitrogen and oxygen atoms in total. The third kappa shape index (κ3) is 4.34. The van der Waals surface area contributed by atoms with Crippen LogP contribution in [0.2, 0.25) is 0 Å². The molecule has 1 atom stereocenters. The standard InChI is InChI=1S/C24H27N3O2/c1-17-7-2-3-9-19(17)13-12-18-8-6-14-27(16-18)24(29)22-15-21(25-26-22)20-10-4-5-11-23(20)28/h2-5,7,9-11,15,18,28H,6,8,12-14,16H2,1H3,(H,25,26)/t18-/m0/s1. The van der Waals surface area contributed by atoms with Crippen molar-refractivity contribution in [3.8, 4) is 17.0 Å². The van der Waals surface area contributed by atoms with E-state index in [1.807, 2.05) is 11.0 Å². The number of phenols is 1. The first kappa shape index (κ1) is 19.2. The number of H-pyrrole nitrogens is 1. The summed E-state index contributed by atoms with van der Waals surface area (Å²) >= 11 is 0. The fourth-order valence-corrected chi connectivity index (χ4v) is 4.17. The summed E-state index contributed by atoms with van der Waals surface area (Å²) in [6.45, 7) is 3.73. The largest absolute Gasteiger partial charge is 0.507 e. The Labute approximate surface area is 171 Å². The Bertz CT molecular complexity index is 995. The van der Waals surface area contributed by atoms with Gasteiger partial charge in [0, 0.05) is 18.7 Å². The molecule has 1 saturated heterocycles. The van der Waals surface area contributed by atoms with E-state index < -0.39 is 0 Å². The number of aromatic amines is 1. The molecule has 1 aromatic heterocycles. The summed E-state index contributed by atoms with van der Waals surface area (Å²) in [7, 11) is 0. The number of aryl methyl sites for hydroxylation is 2. The fraction of sp³-hybridized carbons (Fsp3) is 0.333. The van der Waals surface area contributed by atoms with Crippen molar-refractivity contribution in [1.82, 2.24) is 15.1 Å². The summed E-state index contributed by atoms with van der Waals surface area (Å²) in [6, 6.07) is 17.3. The van der Waals surface area contributed by atoms with Gasteiger partial charge in [-0.25, -0.2) is 0 Å². The first-order valence-corrected chi connectivity index (χ1v) is 10.3. The van der Waals surface area contributed by atoms with Crippen LogP contribution in [-0.4, -0.2) is 39.2 Å². The number of carbonyl (C=O) groups is 1. The molecule has 2 aromatic carbocycles. The lowest BCUT2D eigenvalue weighted by Crippen LogP contribution is -2.40. The number of likely N-dealkylation sites (tertiary alicyclic amines) is 1. The second-order valence-electron chi connectivity index (χ2n) is 7.91. The van der Waals surface area contributed by atoms with Gasteiger partial charge in [-0.1, -0.05) is 36.4 Å². The van der Waals surface area contributed by atoms with Crippen molar-refractivity contribution in [3.05, 3.63) is 71.4 Å². The second kappa shape index (κ2) is 8.52. The van der Waals surface area contributed by atoms with Crippen molar-refractivity contribution in [3.63, 3.8) is 0 Å². The van der Waals surface area contributed by atoms with Crippen LogP contribution in [0.5, 0.6) is 5.75 Å². The van der Waals surface area contributed by atoms with Crippen LogP contribution in [0.25, 0.3) is 11.3 Å². The maximum Gasteiger partial charge on any atom is 0.271 e. The molecule has 1 fully saturated rings. The van der Waals surface area contributed by atoms with Crippen molar-refractivity contribution < 1.29 is 9.90 Å². The van der Waals surface area contributed by atoms with E-state index in [1.165, 1.54) is 17.5 Å². The number of carbonyl (C=O) groups excluding carboxylic acids is 1. The highest BCUT2D eigenvalue weighted by atomic mass is 16.3. The molecule has 2 N–H and O–H groups in total. The lowest BCUT2D eigenvalue weighted by atomic mass is 9.90. The topological polar surface area (TPSA) is 69.2 Å². The van der Waals surface area contributed by atoms with E-state index in [1.54, 1.807) is 24.3 Å². The minimum Gasteiger partial charge on any atom is -0.507 e. The molecular weight excluding hydrogens is 362 g/mol. The van der Waals surface area contributed by atoms with Gasteiger partial charge in [-0.2, -0.15) is 5.10 Å². The Balaban J connectivity index is 1.40. The molecule has 1 amide bonds. The van der Waals surface area contributed by atoms with Gasteiger partial charge < -0.3 is 10.0 Å². The molecule has 0 unspecified atom stereocenters. The summed E-state index contributed by atoms with van der Waals surface area (Å²) in [5, 5.41) is 17.1. The Morgan fingerprint density at radius 3 is 2.83 bits per heavy atom. The highest BCUT2D eigenvalue weighted by Gasteiger charge is 2.26. The Morgan fingerprint density at radius 2 is 2.00 bits per heavy atom. The zero-order valence-corrected chi connectivity index (χ0v) is 16.8. The maximum absolute atomic E-state index is 13.0. The van der Waals surface area contributed by atoms with Crippen molar-refractivity contribution in [2.45, 2.75) is 32.6 Å². The lowest BCUT2D eigenvalue weighted by Gasteiger charge is -2.32. The average molecular weight is 389 g/mol. The monoisotopic (exact) mass is 389 g/mol. The molecule has 5 heteroatoms. The van der Waals surface area contributed by atoms with Gasteiger partial charge in [0.15, 0.2) is 0 Å². The highest BCUT2D eigenvalue weighted by molar-refractivity contribution is 5.93. The van der Waals surface area contributed by atoms with E-state index in [4.69, 9.17) is 0 Å². The number of phenolic OH excluding ortho intramolecular Hbond substituents is 1. The number of amides is 1. The number of para-hydroxylation sites is 1. The summed E-state index contributed by atoms with van der Waals surface area (Å²) in [5.41, 5.74) is 4.42. The molecule has 4 rings (SSSR count). The van der Waals surface area contributed by atoms with Crippen LogP contribution in [0, 0.1) is 12.8 Å². The minimum atomic E-state index is -0.0141. The van der Waals surface area contributed by atoms with Gasteiger partial charge in [0.25, 0.3) is 5.91 Å². The van der Waals surface area contributed by atoms with Crippen LogP contribution in [0.15, 0.2) is 54.6 Å². The van der Waals surface area contributed by atoms with Crippen LogP contribution in [0.4, 0.5) is 0 Å². The molecule has 0 aliphatic carbocycles. The average Bonchev–Trinajstić information content (AvgIpc) is 3.23. The molecule has 0 bridgehead atoms. The first-order chi connectivity index (χ1) is 14.1. The molecule has 1 aliphatic rings. The van der Waals surface area contributed by atoms with Crippen LogP contribution in [0.1, 0.15) is 40.9 Å². The van der Waals surface area contributed by atoms with Crippen LogP contribution >= 0.6 is 0 Å². The number of benzene rings is 2. The molecule has 0 spiro atoms. The summed E-state index contributed by atoms with van der Waals surface area (Å²) in [6.07, 6.45) is 4.36. The minimum absolute atomic E-state index is 0.0141. The smallest absolute Gasteiger partial charge is 0.271 e. The zero-order chi connectivity index (χ0) is 20.2. The summed E-state index contributed by atoms with van der Waals surface area (Å²) in [5.74, 6) is 0.667. The van der Waals surface area contributed by atoms with Gasteiger partial charge in [-0.15, -0.1) is 0 Å². The molecule has 29 heavy (non-hydrogen) atoms. The van der Waals surface area contributed by atoms with E-state index in [0.29, 0.717) is 22.9 Å². The molecule has 150 valence electrons. The number of hydrogen-bond donors (Lipinski definition) is 2. The van der Waals surface area contributed by atoms with Crippen LogP contribution < -0.4 is 0 Å². The highest BCUT2D eigenvalue weighted by Crippen LogP contribution is 2.28. The molecule has 1 aliphatic heterocycles. The number of piperidine rings is 1. The molecule has 0 saturated carbocycles. The number of nitrogens with one attached hydrogen (secondary N) is 1. The lowest BCUT2D eigenvalue weighted by molar-refractivity contribution is 0.0662. The third-order valence-electron chi connectivity index (χ3n) is 5.88. The fourth-order valence-electron chi connectivity index (χ4n) is 4.17. The van der Waals surface area contributed by atoms with Gasteiger partial charge in [0.1, 0.15) is 11.4 Å². The van der Waals surface area contributed by atoms with Crippen molar-refractivity contribution in [2.75, 3.05) is 13.1 Å². The quantitative estimate of drug-likeness (QED) is 0.671. The Hall–Kier alpha value is -3.08. The number of aromatic hydroxyl groups is 1. The van der Waals surface area contributed by atoms with Crippen LogP contribution in [0.3, 0.4) is 0 Å².